The van der Waals surface area contributed by atoms with Gasteiger partial charge in [-0.25, -0.2) is 0 Å². The maximum absolute atomic E-state index is 12.0. The molecule has 1 amide bonds. The Morgan fingerprint density at radius 2 is 2.11 bits per heavy atom. The Labute approximate surface area is 114 Å². The molecule has 0 radical (unpaired) electrons. The summed E-state index contributed by atoms with van der Waals surface area (Å²) >= 11 is 3.32. The van der Waals surface area contributed by atoms with Crippen molar-refractivity contribution in [3.05, 3.63) is 22.2 Å². The summed E-state index contributed by atoms with van der Waals surface area (Å²) in [4.78, 5) is 12.0. The van der Waals surface area contributed by atoms with Gasteiger partial charge in [0.2, 0.25) is 0 Å². The second kappa shape index (κ2) is 6.61. The Morgan fingerprint density at radius 3 is 2.61 bits per heavy atom. The normalized spacial score (nSPS) is 11.8. The number of aliphatic hydroxyl groups is 1. The summed E-state index contributed by atoms with van der Waals surface area (Å²) in [6.45, 7) is 1.58. The number of carbonyl (C=O) groups is 1. The molecule has 0 saturated carbocycles. The number of benzene rings is 1. The number of ether oxygens (including phenoxy) is 2. The molecule has 0 aliphatic carbocycles. The molecule has 0 fully saturated rings. The fourth-order valence-electron chi connectivity index (χ4n) is 1.41. The van der Waals surface area contributed by atoms with E-state index in [2.05, 4.69) is 21.2 Å². The molecule has 0 bridgehead atoms. The maximum Gasteiger partial charge on any atom is 0.255 e. The van der Waals surface area contributed by atoms with Crippen molar-refractivity contribution < 1.29 is 19.4 Å². The quantitative estimate of drug-likeness (QED) is 0.865. The molecular formula is C12H16BrNO4. The molecule has 0 aromatic heterocycles. The van der Waals surface area contributed by atoms with E-state index in [1.165, 1.54) is 14.2 Å². The maximum atomic E-state index is 12.0. The van der Waals surface area contributed by atoms with Gasteiger partial charge >= 0.3 is 0 Å². The van der Waals surface area contributed by atoms with Crippen molar-refractivity contribution in [1.82, 2.24) is 5.32 Å². The summed E-state index contributed by atoms with van der Waals surface area (Å²) in [5.74, 6) is 0.649. The first-order chi connectivity index (χ1) is 8.53. The van der Waals surface area contributed by atoms with E-state index in [0.717, 1.165) is 0 Å². The molecule has 6 heteroatoms. The van der Waals surface area contributed by atoms with Crippen LogP contribution in [0.15, 0.2) is 16.6 Å². The lowest BCUT2D eigenvalue weighted by Crippen LogP contribution is -2.35. The third kappa shape index (κ3) is 3.36. The number of halogens is 1. The van der Waals surface area contributed by atoms with Crippen LogP contribution in [-0.4, -0.2) is 37.9 Å². The number of rotatable bonds is 5. The zero-order valence-corrected chi connectivity index (χ0v) is 12.1. The van der Waals surface area contributed by atoms with Crippen molar-refractivity contribution in [1.29, 1.82) is 0 Å². The molecule has 0 heterocycles. The molecular weight excluding hydrogens is 302 g/mol. The minimum absolute atomic E-state index is 0.126. The van der Waals surface area contributed by atoms with E-state index >= 15 is 0 Å². The van der Waals surface area contributed by atoms with Gasteiger partial charge in [-0.3, -0.25) is 4.79 Å². The molecule has 1 rings (SSSR count). The Morgan fingerprint density at radius 1 is 1.44 bits per heavy atom. The number of methoxy groups -OCH3 is 2. The van der Waals surface area contributed by atoms with E-state index < -0.39 is 0 Å². The largest absolute Gasteiger partial charge is 0.497 e. The lowest BCUT2D eigenvalue weighted by atomic mass is 10.1. The van der Waals surface area contributed by atoms with Crippen LogP contribution in [0.2, 0.25) is 0 Å². The summed E-state index contributed by atoms with van der Waals surface area (Å²) < 4.78 is 10.9. The predicted molar refractivity (Wildman–Crippen MR) is 71.3 cm³/mol. The van der Waals surface area contributed by atoms with Crippen LogP contribution in [0.3, 0.4) is 0 Å². The summed E-state index contributed by atoms with van der Waals surface area (Å²) in [5.41, 5.74) is 0.351. The van der Waals surface area contributed by atoms with Gasteiger partial charge in [-0.1, -0.05) is 0 Å². The molecule has 18 heavy (non-hydrogen) atoms. The van der Waals surface area contributed by atoms with Crippen LogP contribution < -0.4 is 14.8 Å². The molecule has 1 aromatic carbocycles. The summed E-state index contributed by atoms with van der Waals surface area (Å²) in [5, 5.41) is 11.6. The van der Waals surface area contributed by atoms with Gasteiger partial charge in [0, 0.05) is 6.04 Å². The van der Waals surface area contributed by atoms with Gasteiger partial charge in [0.15, 0.2) is 0 Å². The van der Waals surface area contributed by atoms with Crippen molar-refractivity contribution in [3.63, 3.8) is 0 Å². The topological polar surface area (TPSA) is 67.8 Å². The van der Waals surface area contributed by atoms with E-state index in [9.17, 15) is 4.79 Å². The third-order valence-corrected chi connectivity index (χ3v) is 2.94. The fourth-order valence-corrected chi connectivity index (χ4v) is 2.01. The standard InChI is InChI=1S/C12H16BrNO4/c1-7(6-15)14-12(16)9-4-8(17-2)5-10(13)11(9)18-3/h4-5,7,15H,6H2,1-3H3,(H,14,16). The first-order valence-corrected chi connectivity index (χ1v) is 6.16. The van der Waals surface area contributed by atoms with Crippen molar-refractivity contribution in [3.8, 4) is 11.5 Å². The monoisotopic (exact) mass is 317 g/mol. The highest BCUT2D eigenvalue weighted by molar-refractivity contribution is 9.10. The van der Waals surface area contributed by atoms with Crippen LogP contribution in [0.1, 0.15) is 17.3 Å². The highest BCUT2D eigenvalue weighted by Gasteiger charge is 2.18. The summed E-state index contributed by atoms with van der Waals surface area (Å²) in [6, 6.07) is 2.97. The van der Waals surface area contributed by atoms with Gasteiger partial charge in [-0.05, 0) is 35.0 Å². The predicted octanol–water partition coefficient (Wildman–Crippen LogP) is 1.58. The molecule has 100 valence electrons. The highest BCUT2D eigenvalue weighted by Crippen LogP contribution is 2.33. The van der Waals surface area contributed by atoms with Crippen LogP contribution in [-0.2, 0) is 0 Å². The van der Waals surface area contributed by atoms with Gasteiger partial charge in [-0.15, -0.1) is 0 Å². The lowest BCUT2D eigenvalue weighted by molar-refractivity contribution is 0.0918. The minimum Gasteiger partial charge on any atom is -0.497 e. The molecule has 1 aromatic rings. The van der Waals surface area contributed by atoms with Crippen LogP contribution in [0.5, 0.6) is 11.5 Å². The smallest absolute Gasteiger partial charge is 0.255 e. The van der Waals surface area contributed by atoms with Crippen molar-refractivity contribution in [2.24, 2.45) is 0 Å². The second-order valence-corrected chi connectivity index (χ2v) is 4.60. The van der Waals surface area contributed by atoms with E-state index in [1.54, 1.807) is 19.1 Å². The molecule has 1 unspecified atom stereocenters. The Balaban J connectivity index is 3.12. The Hall–Kier alpha value is -1.27. The SMILES string of the molecule is COc1cc(Br)c(OC)c(C(=O)NC(C)CO)c1. The number of hydrogen-bond acceptors (Lipinski definition) is 4. The highest BCUT2D eigenvalue weighted by atomic mass is 79.9. The average Bonchev–Trinajstić information content (AvgIpc) is 2.37. The fraction of sp³-hybridized carbons (Fsp3) is 0.417. The summed E-state index contributed by atoms with van der Waals surface area (Å²) in [6.07, 6.45) is 0. The molecule has 2 N–H and O–H groups in total. The van der Waals surface area contributed by atoms with Crippen molar-refractivity contribution >= 4 is 21.8 Å². The zero-order chi connectivity index (χ0) is 13.7. The van der Waals surface area contributed by atoms with E-state index in [4.69, 9.17) is 14.6 Å². The molecule has 5 nitrogen and oxygen atoms in total. The second-order valence-electron chi connectivity index (χ2n) is 3.75. The first kappa shape index (κ1) is 14.8. The summed E-state index contributed by atoms with van der Waals surface area (Å²) in [7, 11) is 3.01. The number of aliphatic hydroxyl groups excluding tert-OH is 1. The molecule has 0 aliphatic rings. The molecule has 0 spiro atoms. The van der Waals surface area contributed by atoms with Crippen molar-refractivity contribution in [2.75, 3.05) is 20.8 Å². The number of nitrogens with one attached hydrogen (secondary N) is 1. The average molecular weight is 318 g/mol. The molecule has 0 aliphatic heterocycles. The van der Waals surface area contributed by atoms with Gasteiger partial charge in [0.1, 0.15) is 11.5 Å². The van der Waals surface area contributed by atoms with Crippen LogP contribution >= 0.6 is 15.9 Å². The molecule has 1 atom stereocenters. The van der Waals surface area contributed by atoms with E-state index in [0.29, 0.717) is 21.5 Å². The minimum atomic E-state index is -0.327. The van der Waals surface area contributed by atoms with E-state index in [1.807, 2.05) is 0 Å². The third-order valence-electron chi connectivity index (χ3n) is 2.35. The Bertz CT molecular complexity index is 436. The van der Waals surface area contributed by atoms with Crippen LogP contribution in [0.25, 0.3) is 0 Å². The van der Waals surface area contributed by atoms with Gasteiger partial charge in [-0.2, -0.15) is 0 Å². The van der Waals surface area contributed by atoms with Gasteiger partial charge < -0.3 is 19.9 Å². The number of amides is 1. The van der Waals surface area contributed by atoms with Crippen LogP contribution in [0, 0.1) is 0 Å². The number of hydrogen-bond donors (Lipinski definition) is 2. The van der Waals surface area contributed by atoms with Gasteiger partial charge in [0.05, 0.1) is 30.9 Å². The lowest BCUT2D eigenvalue weighted by Gasteiger charge is -2.15. The Kier molecular flexibility index (Phi) is 5.43. The number of carbonyl (C=O) groups excluding carboxylic acids is 1. The zero-order valence-electron chi connectivity index (χ0n) is 10.5. The van der Waals surface area contributed by atoms with Gasteiger partial charge in [0.25, 0.3) is 5.91 Å². The first-order valence-electron chi connectivity index (χ1n) is 5.36. The van der Waals surface area contributed by atoms with E-state index in [-0.39, 0.29) is 18.6 Å². The van der Waals surface area contributed by atoms with Crippen molar-refractivity contribution in [2.45, 2.75) is 13.0 Å². The molecule has 0 saturated heterocycles. The van der Waals surface area contributed by atoms with Crippen LogP contribution in [0.4, 0.5) is 0 Å².